The molecule has 0 saturated carbocycles. The molecule has 0 spiro atoms. The highest BCUT2D eigenvalue weighted by atomic mass is 35.5. The van der Waals surface area contributed by atoms with Crippen molar-refractivity contribution in [3.63, 3.8) is 0 Å². The lowest BCUT2D eigenvalue weighted by Crippen LogP contribution is -2.29. The lowest BCUT2D eigenvalue weighted by molar-refractivity contribution is 0.229. The molecule has 16 heavy (non-hydrogen) atoms. The zero-order chi connectivity index (χ0) is 11.7. The maximum atomic E-state index is 11.8. The SMILES string of the molecule is COc1ccc(Cl)cc1N1CCN(C)C1=O. The van der Waals surface area contributed by atoms with Crippen LogP contribution in [0.5, 0.6) is 5.75 Å². The molecule has 2 amide bonds. The third kappa shape index (κ3) is 1.80. The number of carbonyl (C=O) groups excluding carboxylic acids is 1. The first-order chi connectivity index (χ1) is 7.63. The van der Waals surface area contributed by atoms with E-state index in [0.717, 1.165) is 5.69 Å². The smallest absolute Gasteiger partial charge is 0.324 e. The first-order valence-electron chi connectivity index (χ1n) is 4.99. The number of likely N-dealkylation sites (N-methyl/N-ethyl adjacent to an activating group) is 1. The van der Waals surface area contributed by atoms with E-state index < -0.39 is 0 Å². The van der Waals surface area contributed by atoms with Crippen LogP contribution in [0.4, 0.5) is 10.5 Å². The molecule has 0 aromatic heterocycles. The minimum atomic E-state index is -0.0273. The molecule has 0 atom stereocenters. The Kier molecular flexibility index (Phi) is 2.92. The van der Waals surface area contributed by atoms with Crippen molar-refractivity contribution >= 4 is 23.3 Å². The fourth-order valence-corrected chi connectivity index (χ4v) is 1.91. The summed E-state index contributed by atoms with van der Waals surface area (Å²) in [5.41, 5.74) is 0.726. The van der Waals surface area contributed by atoms with E-state index in [9.17, 15) is 4.79 Å². The van der Waals surface area contributed by atoms with Gasteiger partial charge in [0.25, 0.3) is 0 Å². The third-order valence-corrected chi connectivity index (χ3v) is 2.88. The van der Waals surface area contributed by atoms with Crippen molar-refractivity contribution in [2.75, 3.05) is 32.1 Å². The van der Waals surface area contributed by atoms with Gasteiger partial charge in [0.05, 0.1) is 12.8 Å². The molecule has 1 aromatic rings. The first-order valence-corrected chi connectivity index (χ1v) is 5.37. The average Bonchev–Trinajstić information content (AvgIpc) is 2.60. The van der Waals surface area contributed by atoms with Crippen LogP contribution in [0.25, 0.3) is 0 Å². The Balaban J connectivity index is 2.39. The Hall–Kier alpha value is -1.42. The molecule has 1 heterocycles. The van der Waals surface area contributed by atoms with E-state index in [1.807, 2.05) is 0 Å². The number of hydrogen-bond donors (Lipinski definition) is 0. The molecular formula is C11H13ClN2O2. The van der Waals surface area contributed by atoms with Crippen molar-refractivity contribution in [2.24, 2.45) is 0 Å². The molecule has 1 aliphatic heterocycles. The first kappa shape index (κ1) is 11.1. The predicted octanol–water partition coefficient (Wildman–Crippen LogP) is 2.22. The molecule has 0 bridgehead atoms. The van der Waals surface area contributed by atoms with Crippen LogP contribution < -0.4 is 9.64 Å². The third-order valence-electron chi connectivity index (χ3n) is 2.65. The number of halogens is 1. The van der Waals surface area contributed by atoms with Gasteiger partial charge in [-0.3, -0.25) is 4.90 Å². The Morgan fingerprint density at radius 3 is 2.69 bits per heavy atom. The molecule has 86 valence electrons. The molecule has 5 heteroatoms. The highest BCUT2D eigenvalue weighted by Crippen LogP contribution is 2.32. The fourth-order valence-electron chi connectivity index (χ4n) is 1.74. The van der Waals surface area contributed by atoms with Crippen LogP contribution in [0.2, 0.25) is 5.02 Å². The summed E-state index contributed by atoms with van der Waals surface area (Å²) in [6.45, 7) is 1.38. The van der Waals surface area contributed by atoms with Gasteiger partial charge in [-0.1, -0.05) is 11.6 Å². The maximum Gasteiger partial charge on any atom is 0.324 e. The summed E-state index contributed by atoms with van der Waals surface area (Å²) in [6.07, 6.45) is 0. The summed E-state index contributed by atoms with van der Waals surface area (Å²) < 4.78 is 5.23. The van der Waals surface area contributed by atoms with Crippen LogP contribution >= 0.6 is 11.6 Å². The van der Waals surface area contributed by atoms with Gasteiger partial charge in [0.15, 0.2) is 0 Å². The number of rotatable bonds is 2. The van der Waals surface area contributed by atoms with Gasteiger partial charge in [0.1, 0.15) is 5.75 Å². The molecule has 1 saturated heterocycles. The van der Waals surface area contributed by atoms with Gasteiger partial charge in [-0.15, -0.1) is 0 Å². The standard InChI is InChI=1S/C11H13ClN2O2/c1-13-5-6-14(11(13)15)9-7-8(12)3-4-10(9)16-2/h3-4,7H,5-6H2,1-2H3. The summed E-state index contributed by atoms with van der Waals surface area (Å²) >= 11 is 5.93. The molecule has 4 nitrogen and oxygen atoms in total. The molecule has 2 rings (SSSR count). The molecular weight excluding hydrogens is 228 g/mol. The number of carbonyl (C=O) groups is 1. The van der Waals surface area contributed by atoms with E-state index in [2.05, 4.69) is 0 Å². The highest BCUT2D eigenvalue weighted by Gasteiger charge is 2.28. The van der Waals surface area contributed by atoms with Gasteiger partial charge in [-0.2, -0.15) is 0 Å². The largest absolute Gasteiger partial charge is 0.495 e. The number of urea groups is 1. The maximum absolute atomic E-state index is 11.8. The summed E-state index contributed by atoms with van der Waals surface area (Å²) in [7, 11) is 3.36. The molecule has 0 unspecified atom stereocenters. The van der Waals surface area contributed by atoms with Gasteiger partial charge in [-0.25, -0.2) is 4.79 Å². The van der Waals surface area contributed by atoms with Crippen molar-refractivity contribution in [3.05, 3.63) is 23.2 Å². The van der Waals surface area contributed by atoms with Crippen molar-refractivity contribution in [1.29, 1.82) is 0 Å². The van der Waals surface area contributed by atoms with Gasteiger partial charge in [0, 0.05) is 25.2 Å². The number of anilines is 1. The number of nitrogens with zero attached hydrogens (tertiary/aromatic N) is 2. The normalized spacial score (nSPS) is 15.8. The van der Waals surface area contributed by atoms with Gasteiger partial charge in [-0.05, 0) is 18.2 Å². The number of hydrogen-bond acceptors (Lipinski definition) is 2. The monoisotopic (exact) mass is 240 g/mol. The molecule has 1 aromatic carbocycles. The van der Waals surface area contributed by atoms with E-state index in [1.165, 1.54) is 0 Å². The van der Waals surface area contributed by atoms with E-state index in [-0.39, 0.29) is 6.03 Å². The number of ether oxygens (including phenoxy) is 1. The van der Waals surface area contributed by atoms with Crippen LogP contribution in [-0.4, -0.2) is 38.2 Å². The molecule has 0 N–H and O–H groups in total. The summed E-state index contributed by atoms with van der Waals surface area (Å²) in [5.74, 6) is 0.660. The second kappa shape index (κ2) is 4.22. The quantitative estimate of drug-likeness (QED) is 0.794. The van der Waals surface area contributed by atoms with Crippen LogP contribution in [-0.2, 0) is 0 Å². The Labute approximate surface area is 99.3 Å². The lowest BCUT2D eigenvalue weighted by atomic mass is 10.2. The molecule has 1 aliphatic rings. The zero-order valence-corrected chi connectivity index (χ0v) is 9.99. The highest BCUT2D eigenvalue weighted by molar-refractivity contribution is 6.31. The summed E-state index contributed by atoms with van der Waals surface area (Å²) in [6, 6.07) is 5.23. The Morgan fingerprint density at radius 1 is 1.38 bits per heavy atom. The molecule has 0 radical (unpaired) electrons. The Morgan fingerprint density at radius 2 is 2.12 bits per heavy atom. The van der Waals surface area contributed by atoms with Crippen LogP contribution in [0.15, 0.2) is 18.2 Å². The predicted molar refractivity (Wildman–Crippen MR) is 63.4 cm³/mol. The van der Waals surface area contributed by atoms with Crippen LogP contribution in [0, 0.1) is 0 Å². The summed E-state index contributed by atoms with van der Waals surface area (Å²) in [5, 5.41) is 0.596. The minimum Gasteiger partial charge on any atom is -0.495 e. The average molecular weight is 241 g/mol. The Bertz CT molecular complexity index is 422. The lowest BCUT2D eigenvalue weighted by Gasteiger charge is -2.19. The van der Waals surface area contributed by atoms with E-state index in [1.54, 1.807) is 42.2 Å². The van der Waals surface area contributed by atoms with Crippen molar-refractivity contribution in [2.45, 2.75) is 0 Å². The van der Waals surface area contributed by atoms with E-state index >= 15 is 0 Å². The van der Waals surface area contributed by atoms with Crippen LogP contribution in [0.3, 0.4) is 0 Å². The van der Waals surface area contributed by atoms with Crippen molar-refractivity contribution in [1.82, 2.24) is 4.90 Å². The van der Waals surface area contributed by atoms with E-state index in [4.69, 9.17) is 16.3 Å². The molecule has 0 aliphatic carbocycles. The van der Waals surface area contributed by atoms with Crippen molar-refractivity contribution < 1.29 is 9.53 Å². The minimum absolute atomic E-state index is 0.0273. The fraction of sp³-hybridized carbons (Fsp3) is 0.364. The second-order valence-electron chi connectivity index (χ2n) is 3.67. The second-order valence-corrected chi connectivity index (χ2v) is 4.11. The number of amides is 2. The van der Waals surface area contributed by atoms with E-state index in [0.29, 0.717) is 23.9 Å². The van der Waals surface area contributed by atoms with Crippen molar-refractivity contribution in [3.8, 4) is 5.75 Å². The number of benzene rings is 1. The van der Waals surface area contributed by atoms with Crippen LogP contribution in [0.1, 0.15) is 0 Å². The molecule has 1 fully saturated rings. The zero-order valence-electron chi connectivity index (χ0n) is 9.24. The van der Waals surface area contributed by atoms with Gasteiger partial charge in [0.2, 0.25) is 0 Å². The van der Waals surface area contributed by atoms with Gasteiger partial charge < -0.3 is 9.64 Å². The number of methoxy groups -OCH3 is 1. The topological polar surface area (TPSA) is 32.8 Å². The van der Waals surface area contributed by atoms with Gasteiger partial charge >= 0.3 is 6.03 Å². The summed E-state index contributed by atoms with van der Waals surface area (Å²) in [4.78, 5) is 15.2.